The van der Waals surface area contributed by atoms with Crippen molar-refractivity contribution in [2.24, 2.45) is 0 Å². The van der Waals surface area contributed by atoms with E-state index in [1.165, 1.54) is 4.80 Å². The minimum atomic E-state index is -0.584. The second kappa shape index (κ2) is 6.76. The molecule has 0 aliphatic rings. The van der Waals surface area contributed by atoms with Gasteiger partial charge in [-0.05, 0) is 23.6 Å². The van der Waals surface area contributed by atoms with Crippen LogP contribution in [0.15, 0.2) is 72.8 Å². The number of nitrogens with zero attached hydrogens (tertiary/aromatic N) is 4. The molecule has 0 saturated heterocycles. The van der Waals surface area contributed by atoms with Crippen molar-refractivity contribution < 1.29 is 4.79 Å². The van der Waals surface area contributed by atoms with Crippen molar-refractivity contribution in [2.75, 3.05) is 5.32 Å². The molecule has 1 heterocycles. The number of carbonyl (C=O) groups is 1. The first-order chi connectivity index (χ1) is 12.7. The van der Waals surface area contributed by atoms with Crippen LogP contribution in [0.4, 0.5) is 5.69 Å². The van der Waals surface area contributed by atoms with Crippen molar-refractivity contribution in [1.29, 1.82) is 0 Å². The predicted molar refractivity (Wildman–Crippen MR) is 101 cm³/mol. The third-order valence-corrected chi connectivity index (χ3v) is 4.23. The summed E-state index contributed by atoms with van der Waals surface area (Å²) in [5.41, 5.74) is 1.63. The topological polar surface area (TPSA) is 72.7 Å². The SMILES string of the molecule is CC(C(=O)Nc1cccc2ccccc12)n1nnc(-c2ccccc2)n1. The van der Waals surface area contributed by atoms with E-state index >= 15 is 0 Å². The smallest absolute Gasteiger partial charge is 0.250 e. The molecular weight excluding hydrogens is 326 g/mol. The van der Waals surface area contributed by atoms with Crippen LogP contribution in [-0.4, -0.2) is 26.1 Å². The van der Waals surface area contributed by atoms with Gasteiger partial charge in [0.15, 0.2) is 0 Å². The Labute approximate surface area is 150 Å². The number of fused-ring (bicyclic) bond motifs is 1. The molecule has 1 unspecified atom stereocenters. The van der Waals surface area contributed by atoms with Crippen LogP contribution in [0.5, 0.6) is 0 Å². The van der Waals surface area contributed by atoms with Gasteiger partial charge in [0.05, 0.1) is 0 Å². The summed E-state index contributed by atoms with van der Waals surface area (Å²) in [6.45, 7) is 1.75. The summed E-state index contributed by atoms with van der Waals surface area (Å²) in [4.78, 5) is 14.0. The summed E-state index contributed by atoms with van der Waals surface area (Å²) in [5, 5.41) is 17.4. The zero-order valence-electron chi connectivity index (χ0n) is 14.2. The molecule has 0 bridgehead atoms. The van der Waals surface area contributed by atoms with Crippen LogP contribution in [0.3, 0.4) is 0 Å². The normalized spacial score (nSPS) is 12.0. The van der Waals surface area contributed by atoms with E-state index in [2.05, 4.69) is 20.7 Å². The molecule has 3 aromatic carbocycles. The van der Waals surface area contributed by atoms with Crippen molar-refractivity contribution in [3.8, 4) is 11.4 Å². The van der Waals surface area contributed by atoms with Gasteiger partial charge in [0.2, 0.25) is 5.82 Å². The Hall–Kier alpha value is -3.54. The van der Waals surface area contributed by atoms with Crippen LogP contribution in [0, 0.1) is 0 Å². The molecule has 1 amide bonds. The fourth-order valence-corrected chi connectivity index (χ4v) is 2.77. The molecule has 0 radical (unpaired) electrons. The molecule has 1 atom stereocenters. The average molecular weight is 343 g/mol. The Morgan fingerprint density at radius 1 is 0.962 bits per heavy atom. The van der Waals surface area contributed by atoms with E-state index in [1.54, 1.807) is 6.92 Å². The number of carbonyl (C=O) groups excluding carboxylic acids is 1. The largest absolute Gasteiger partial charge is 0.324 e. The molecule has 1 N–H and O–H groups in total. The van der Waals surface area contributed by atoms with E-state index in [9.17, 15) is 4.79 Å². The maximum atomic E-state index is 12.7. The predicted octanol–water partition coefficient (Wildman–Crippen LogP) is 3.69. The summed E-state index contributed by atoms with van der Waals surface area (Å²) in [6.07, 6.45) is 0. The van der Waals surface area contributed by atoms with E-state index < -0.39 is 6.04 Å². The molecule has 0 saturated carbocycles. The molecule has 4 aromatic rings. The molecule has 0 aliphatic heterocycles. The standard InChI is InChI=1S/C20H17N5O/c1-14(25-23-19(22-24-25)16-9-3-2-4-10-16)20(26)21-18-13-7-11-15-8-5-6-12-17(15)18/h2-14H,1H3,(H,21,26). The third-order valence-electron chi connectivity index (χ3n) is 4.23. The molecule has 6 heteroatoms. The van der Waals surface area contributed by atoms with Crippen LogP contribution >= 0.6 is 0 Å². The van der Waals surface area contributed by atoms with Gasteiger partial charge in [0.1, 0.15) is 6.04 Å². The molecule has 0 aliphatic carbocycles. The summed E-state index contributed by atoms with van der Waals surface area (Å²) in [5.74, 6) is 0.300. The van der Waals surface area contributed by atoms with Gasteiger partial charge < -0.3 is 5.32 Å². The number of aromatic nitrogens is 4. The lowest BCUT2D eigenvalue weighted by Crippen LogP contribution is -2.25. The minimum absolute atomic E-state index is 0.196. The quantitative estimate of drug-likeness (QED) is 0.613. The summed E-state index contributed by atoms with van der Waals surface area (Å²) in [7, 11) is 0. The van der Waals surface area contributed by atoms with Gasteiger partial charge in [0, 0.05) is 16.6 Å². The highest BCUT2D eigenvalue weighted by atomic mass is 16.2. The van der Waals surface area contributed by atoms with Crippen LogP contribution in [-0.2, 0) is 4.79 Å². The summed E-state index contributed by atoms with van der Waals surface area (Å²) >= 11 is 0. The zero-order chi connectivity index (χ0) is 17.9. The van der Waals surface area contributed by atoms with Crippen LogP contribution in [0.25, 0.3) is 22.2 Å². The van der Waals surface area contributed by atoms with E-state index in [4.69, 9.17) is 0 Å². The molecule has 0 spiro atoms. The number of anilines is 1. The van der Waals surface area contributed by atoms with Crippen LogP contribution in [0.2, 0.25) is 0 Å². The van der Waals surface area contributed by atoms with E-state index in [1.807, 2.05) is 72.8 Å². The first-order valence-electron chi connectivity index (χ1n) is 8.36. The highest BCUT2D eigenvalue weighted by molar-refractivity contribution is 6.03. The molecule has 26 heavy (non-hydrogen) atoms. The Kier molecular flexibility index (Phi) is 4.15. The molecule has 6 nitrogen and oxygen atoms in total. The van der Waals surface area contributed by atoms with Crippen molar-refractivity contribution in [1.82, 2.24) is 20.2 Å². The average Bonchev–Trinajstić information content (AvgIpc) is 3.18. The number of hydrogen-bond donors (Lipinski definition) is 1. The molecular formula is C20H17N5O. The van der Waals surface area contributed by atoms with Gasteiger partial charge in [0.25, 0.3) is 5.91 Å². The van der Waals surface area contributed by atoms with Gasteiger partial charge in [-0.3, -0.25) is 4.79 Å². The zero-order valence-corrected chi connectivity index (χ0v) is 14.2. The first-order valence-corrected chi connectivity index (χ1v) is 8.36. The van der Waals surface area contributed by atoms with Crippen LogP contribution in [0.1, 0.15) is 13.0 Å². The summed E-state index contributed by atoms with van der Waals surface area (Å²) in [6, 6.07) is 22.7. The van der Waals surface area contributed by atoms with Crippen molar-refractivity contribution in [2.45, 2.75) is 13.0 Å². The third kappa shape index (κ3) is 3.04. The Morgan fingerprint density at radius 2 is 1.69 bits per heavy atom. The van der Waals surface area contributed by atoms with Gasteiger partial charge in [-0.25, -0.2) is 0 Å². The lowest BCUT2D eigenvalue weighted by Gasteiger charge is -2.12. The van der Waals surface area contributed by atoms with E-state index in [0.717, 1.165) is 22.0 Å². The Bertz CT molecular complexity index is 1050. The lowest BCUT2D eigenvalue weighted by molar-refractivity contribution is -0.119. The number of rotatable bonds is 4. The lowest BCUT2D eigenvalue weighted by atomic mass is 10.1. The van der Waals surface area contributed by atoms with E-state index in [-0.39, 0.29) is 5.91 Å². The number of hydrogen-bond acceptors (Lipinski definition) is 4. The number of nitrogens with one attached hydrogen (secondary N) is 1. The van der Waals surface area contributed by atoms with Crippen molar-refractivity contribution in [3.63, 3.8) is 0 Å². The highest BCUT2D eigenvalue weighted by Gasteiger charge is 2.19. The maximum Gasteiger partial charge on any atom is 0.250 e. The Morgan fingerprint density at radius 3 is 2.54 bits per heavy atom. The van der Waals surface area contributed by atoms with Gasteiger partial charge in [-0.1, -0.05) is 66.7 Å². The summed E-state index contributed by atoms with van der Waals surface area (Å²) < 4.78 is 0. The number of amides is 1. The molecule has 1 aromatic heterocycles. The van der Waals surface area contributed by atoms with Crippen molar-refractivity contribution in [3.05, 3.63) is 72.8 Å². The second-order valence-electron chi connectivity index (χ2n) is 5.99. The number of tetrazole rings is 1. The van der Waals surface area contributed by atoms with Gasteiger partial charge >= 0.3 is 0 Å². The van der Waals surface area contributed by atoms with Crippen molar-refractivity contribution >= 4 is 22.4 Å². The second-order valence-corrected chi connectivity index (χ2v) is 5.99. The van der Waals surface area contributed by atoms with Gasteiger partial charge in [-0.15, -0.1) is 10.2 Å². The fraction of sp³-hybridized carbons (Fsp3) is 0.100. The first kappa shape index (κ1) is 16.0. The molecule has 4 rings (SSSR count). The monoisotopic (exact) mass is 343 g/mol. The Balaban J connectivity index is 1.56. The van der Waals surface area contributed by atoms with Crippen LogP contribution < -0.4 is 5.32 Å². The molecule has 128 valence electrons. The maximum absolute atomic E-state index is 12.7. The highest BCUT2D eigenvalue weighted by Crippen LogP contribution is 2.24. The minimum Gasteiger partial charge on any atom is -0.324 e. The number of benzene rings is 3. The van der Waals surface area contributed by atoms with Gasteiger partial charge in [-0.2, -0.15) is 4.80 Å². The van der Waals surface area contributed by atoms with E-state index in [0.29, 0.717) is 5.82 Å². The molecule has 0 fully saturated rings. The fourth-order valence-electron chi connectivity index (χ4n) is 2.77.